The van der Waals surface area contributed by atoms with E-state index in [9.17, 15) is 4.79 Å². The van der Waals surface area contributed by atoms with Gasteiger partial charge in [-0.25, -0.2) is 0 Å². The van der Waals surface area contributed by atoms with E-state index in [1.165, 1.54) is 5.56 Å². The second-order valence-corrected chi connectivity index (χ2v) is 8.37. The number of allylic oxidation sites excluding steroid dienone is 1. The molecule has 0 radical (unpaired) electrons. The Morgan fingerprint density at radius 3 is 2.63 bits per heavy atom. The molecule has 1 saturated heterocycles. The van der Waals surface area contributed by atoms with Gasteiger partial charge >= 0.3 is 0 Å². The number of hydrogen-bond acceptors (Lipinski definition) is 4. The fourth-order valence-corrected chi connectivity index (χ4v) is 4.38. The van der Waals surface area contributed by atoms with E-state index in [-0.39, 0.29) is 11.3 Å². The average Bonchev–Trinajstić information content (AvgIpc) is 2.77. The molecular weight excluding hydrogens is 446 g/mol. The maximum absolute atomic E-state index is 13.1. The molecule has 0 aliphatic carbocycles. The van der Waals surface area contributed by atoms with Crippen LogP contribution in [0.2, 0.25) is 0 Å². The molecule has 0 bridgehead atoms. The Hall–Kier alpha value is -2.31. The Balaban J connectivity index is 1.85. The highest BCUT2D eigenvalue weighted by molar-refractivity contribution is 9.10. The summed E-state index contributed by atoms with van der Waals surface area (Å²) in [6.07, 6.45) is 4.08. The van der Waals surface area contributed by atoms with E-state index in [0.29, 0.717) is 43.2 Å². The number of carbonyl (C=O) groups excluding carboxylic acids is 1. The molecule has 1 fully saturated rings. The van der Waals surface area contributed by atoms with Gasteiger partial charge in [0, 0.05) is 40.8 Å². The molecule has 3 rings (SSSR count). The smallest absolute Gasteiger partial charge is 0.251 e. The van der Waals surface area contributed by atoms with Crippen LogP contribution in [-0.4, -0.2) is 39.9 Å². The summed E-state index contributed by atoms with van der Waals surface area (Å²) in [4.78, 5) is 13.1. The largest absolute Gasteiger partial charge is 0.493 e. The van der Waals surface area contributed by atoms with E-state index >= 15 is 0 Å². The minimum atomic E-state index is -0.155. The van der Waals surface area contributed by atoms with Gasteiger partial charge in [0.1, 0.15) is 0 Å². The normalized spacial score (nSPS) is 15.3. The number of rotatable bonds is 8. The average molecular weight is 474 g/mol. The van der Waals surface area contributed by atoms with Gasteiger partial charge in [0.05, 0.1) is 14.2 Å². The zero-order valence-corrected chi connectivity index (χ0v) is 19.1. The molecular formula is C24H28BrNO4. The maximum atomic E-state index is 13.1. The van der Waals surface area contributed by atoms with Crippen molar-refractivity contribution >= 4 is 21.8 Å². The predicted octanol–water partition coefficient (Wildman–Crippen LogP) is 4.67. The number of methoxy groups -OCH3 is 2. The minimum Gasteiger partial charge on any atom is -0.493 e. The van der Waals surface area contributed by atoms with Crippen LogP contribution in [0, 0.1) is 0 Å². The zero-order valence-electron chi connectivity index (χ0n) is 17.5. The fourth-order valence-electron chi connectivity index (χ4n) is 3.98. The summed E-state index contributed by atoms with van der Waals surface area (Å²) in [6, 6.07) is 11.9. The first-order valence-electron chi connectivity index (χ1n) is 10.0. The summed E-state index contributed by atoms with van der Waals surface area (Å²) in [5.41, 5.74) is 2.46. The second-order valence-electron chi connectivity index (χ2n) is 7.45. The third-order valence-corrected chi connectivity index (χ3v) is 6.15. The van der Waals surface area contributed by atoms with Crippen LogP contribution in [0.3, 0.4) is 0 Å². The molecule has 1 heterocycles. The van der Waals surface area contributed by atoms with E-state index in [1.54, 1.807) is 26.4 Å². The molecule has 0 atom stereocenters. The molecule has 30 heavy (non-hydrogen) atoms. The molecule has 160 valence electrons. The summed E-state index contributed by atoms with van der Waals surface area (Å²) in [5, 5.41) is 3.15. The van der Waals surface area contributed by atoms with Crippen molar-refractivity contribution in [2.45, 2.75) is 24.7 Å². The van der Waals surface area contributed by atoms with Gasteiger partial charge in [-0.05, 0) is 49.1 Å². The number of hydrogen-bond donors (Lipinski definition) is 1. The number of halogens is 1. The van der Waals surface area contributed by atoms with Gasteiger partial charge in [0.2, 0.25) is 0 Å². The summed E-state index contributed by atoms with van der Waals surface area (Å²) < 4.78 is 17.6. The molecule has 0 saturated carbocycles. The van der Waals surface area contributed by atoms with Crippen LogP contribution in [0.5, 0.6) is 11.5 Å². The van der Waals surface area contributed by atoms with E-state index in [4.69, 9.17) is 14.2 Å². The maximum Gasteiger partial charge on any atom is 0.251 e. The van der Waals surface area contributed by atoms with Crippen molar-refractivity contribution in [3.8, 4) is 11.5 Å². The van der Waals surface area contributed by atoms with E-state index in [2.05, 4.69) is 40.0 Å². The monoisotopic (exact) mass is 473 g/mol. The van der Waals surface area contributed by atoms with E-state index in [1.807, 2.05) is 18.2 Å². The molecule has 1 aliphatic heterocycles. The van der Waals surface area contributed by atoms with Gasteiger partial charge < -0.3 is 19.5 Å². The van der Waals surface area contributed by atoms with Gasteiger partial charge in [-0.3, -0.25) is 4.79 Å². The third kappa shape index (κ3) is 4.87. The van der Waals surface area contributed by atoms with Crippen LogP contribution in [-0.2, 0) is 16.6 Å². The molecule has 2 aromatic rings. The summed E-state index contributed by atoms with van der Waals surface area (Å²) in [7, 11) is 3.17. The van der Waals surface area contributed by atoms with Gasteiger partial charge in [0.25, 0.3) is 5.91 Å². The molecule has 2 aromatic carbocycles. The minimum absolute atomic E-state index is 0.137. The van der Waals surface area contributed by atoms with Crippen LogP contribution in [0.1, 0.15) is 34.3 Å². The standard InChI is InChI=1S/C24H28BrNO4/c1-4-6-17-13-18(14-21(28-2)22(17)29-3)23(27)26-16-24(9-11-30-12-10-24)19-7-5-8-20(25)15-19/h4-5,7-8,13-15H,1,6,9-12,16H2,2-3H3,(H,26,27). The Morgan fingerprint density at radius 1 is 1.23 bits per heavy atom. The Bertz CT molecular complexity index is 906. The summed E-state index contributed by atoms with van der Waals surface area (Å²) >= 11 is 3.57. The van der Waals surface area contributed by atoms with Gasteiger partial charge in [0.15, 0.2) is 11.5 Å². The number of ether oxygens (including phenoxy) is 3. The molecule has 1 N–H and O–H groups in total. The van der Waals surface area contributed by atoms with Crippen molar-refractivity contribution in [1.29, 1.82) is 0 Å². The lowest BCUT2D eigenvalue weighted by Gasteiger charge is -2.38. The van der Waals surface area contributed by atoms with Crippen LogP contribution < -0.4 is 14.8 Å². The van der Waals surface area contributed by atoms with Crippen LogP contribution in [0.25, 0.3) is 0 Å². The van der Waals surface area contributed by atoms with Crippen molar-refractivity contribution in [3.05, 3.63) is 70.2 Å². The Kier molecular flexibility index (Phi) is 7.56. The highest BCUT2D eigenvalue weighted by atomic mass is 79.9. The van der Waals surface area contributed by atoms with Gasteiger partial charge in [-0.2, -0.15) is 0 Å². The highest BCUT2D eigenvalue weighted by Gasteiger charge is 2.35. The lowest BCUT2D eigenvalue weighted by Crippen LogP contribution is -2.44. The number of carbonyl (C=O) groups is 1. The van der Waals surface area contributed by atoms with Gasteiger partial charge in [-0.15, -0.1) is 6.58 Å². The van der Waals surface area contributed by atoms with Crippen molar-refractivity contribution in [3.63, 3.8) is 0 Å². The number of amides is 1. The van der Waals surface area contributed by atoms with Crippen molar-refractivity contribution in [1.82, 2.24) is 5.32 Å². The molecule has 6 heteroatoms. The first-order valence-corrected chi connectivity index (χ1v) is 10.8. The summed E-state index contributed by atoms with van der Waals surface area (Å²) in [6.45, 7) is 5.70. The van der Waals surface area contributed by atoms with Crippen LogP contribution in [0.15, 0.2) is 53.5 Å². The second kappa shape index (κ2) is 10.1. The SMILES string of the molecule is C=CCc1cc(C(=O)NCC2(c3cccc(Br)c3)CCOCC2)cc(OC)c1OC. The highest BCUT2D eigenvalue weighted by Crippen LogP contribution is 2.36. The molecule has 1 aliphatic rings. The molecule has 0 aromatic heterocycles. The Labute approximate surface area is 186 Å². The molecule has 0 unspecified atom stereocenters. The number of benzene rings is 2. The first-order chi connectivity index (χ1) is 14.5. The summed E-state index contributed by atoms with van der Waals surface area (Å²) in [5.74, 6) is 1.03. The number of nitrogens with one attached hydrogen (secondary N) is 1. The van der Waals surface area contributed by atoms with Crippen molar-refractivity contribution in [2.24, 2.45) is 0 Å². The zero-order chi connectivity index (χ0) is 21.6. The third-order valence-electron chi connectivity index (χ3n) is 5.66. The lowest BCUT2D eigenvalue weighted by atomic mass is 9.74. The van der Waals surface area contributed by atoms with Crippen LogP contribution >= 0.6 is 15.9 Å². The molecule has 0 spiro atoms. The van der Waals surface area contributed by atoms with Crippen molar-refractivity contribution in [2.75, 3.05) is 34.0 Å². The van der Waals surface area contributed by atoms with Crippen molar-refractivity contribution < 1.29 is 19.0 Å². The van der Waals surface area contributed by atoms with E-state index in [0.717, 1.165) is 22.9 Å². The molecule has 5 nitrogen and oxygen atoms in total. The fraction of sp³-hybridized carbons (Fsp3) is 0.375. The van der Waals surface area contributed by atoms with E-state index < -0.39 is 0 Å². The lowest BCUT2D eigenvalue weighted by molar-refractivity contribution is 0.0487. The van der Waals surface area contributed by atoms with Crippen LogP contribution in [0.4, 0.5) is 0 Å². The topological polar surface area (TPSA) is 56.8 Å². The molecule has 1 amide bonds. The first kappa shape index (κ1) is 22.4. The van der Waals surface area contributed by atoms with Gasteiger partial charge in [-0.1, -0.05) is 34.1 Å². The quantitative estimate of drug-likeness (QED) is 0.565. The Morgan fingerprint density at radius 2 is 2.00 bits per heavy atom. The predicted molar refractivity (Wildman–Crippen MR) is 122 cm³/mol.